The van der Waals surface area contributed by atoms with E-state index in [4.69, 9.17) is 4.74 Å². The Kier molecular flexibility index (Phi) is 5.74. The van der Waals surface area contributed by atoms with Gasteiger partial charge in [-0.1, -0.05) is 24.3 Å². The van der Waals surface area contributed by atoms with Crippen molar-refractivity contribution in [3.8, 4) is 5.69 Å². The molecule has 1 amide bonds. The lowest BCUT2D eigenvalue weighted by molar-refractivity contribution is -0.134. The van der Waals surface area contributed by atoms with E-state index in [1.54, 1.807) is 70.5 Å². The molecule has 0 radical (unpaired) electrons. The van der Waals surface area contributed by atoms with Gasteiger partial charge in [-0.15, -0.1) is 0 Å². The monoisotopic (exact) mass is 408 g/mol. The third-order valence-electron chi connectivity index (χ3n) is 5.03. The highest BCUT2D eigenvalue weighted by molar-refractivity contribution is 5.94. The van der Waals surface area contributed by atoms with Gasteiger partial charge in [-0.2, -0.15) is 5.10 Å². The summed E-state index contributed by atoms with van der Waals surface area (Å²) in [4.78, 5) is 28.6. The number of halogens is 1. The molecule has 0 bridgehead atoms. The lowest BCUT2D eigenvalue weighted by Gasteiger charge is -2.36. The van der Waals surface area contributed by atoms with E-state index in [9.17, 15) is 14.0 Å². The molecule has 1 fully saturated rings. The van der Waals surface area contributed by atoms with Crippen molar-refractivity contribution in [1.82, 2.24) is 14.7 Å². The number of hydrogen-bond acceptors (Lipinski definition) is 5. The number of anilines is 1. The molecular weight excluding hydrogens is 387 g/mol. The number of para-hydroxylation sites is 2. The number of hydrogen-bond donors (Lipinski definition) is 0. The molecule has 1 saturated heterocycles. The Morgan fingerprint density at radius 3 is 2.33 bits per heavy atom. The summed E-state index contributed by atoms with van der Waals surface area (Å²) in [6.45, 7) is 1.57. The first-order valence-electron chi connectivity index (χ1n) is 9.67. The van der Waals surface area contributed by atoms with Gasteiger partial charge in [0.2, 0.25) is 0 Å². The van der Waals surface area contributed by atoms with Crippen LogP contribution < -0.4 is 4.90 Å². The van der Waals surface area contributed by atoms with Gasteiger partial charge in [0.15, 0.2) is 6.61 Å². The smallest absolute Gasteiger partial charge is 0.340 e. The summed E-state index contributed by atoms with van der Waals surface area (Å²) in [5.74, 6) is -1.13. The number of nitrogens with zero attached hydrogens (tertiary/aromatic N) is 4. The molecule has 154 valence electrons. The number of carbonyl (C=O) groups excluding carboxylic acids is 2. The van der Waals surface area contributed by atoms with Crippen molar-refractivity contribution < 1.29 is 18.7 Å². The van der Waals surface area contributed by atoms with E-state index >= 15 is 0 Å². The van der Waals surface area contributed by atoms with Crippen LogP contribution in [-0.4, -0.2) is 59.3 Å². The number of rotatable bonds is 5. The number of carbonyl (C=O) groups is 2. The first kappa shape index (κ1) is 19.6. The SMILES string of the molecule is O=C(OCC(=O)N1CCN(c2ccccc2F)CC1)c1ccccc1-n1cccn1. The Hall–Kier alpha value is -3.68. The summed E-state index contributed by atoms with van der Waals surface area (Å²) in [7, 11) is 0. The molecule has 1 aliphatic heterocycles. The van der Waals surface area contributed by atoms with Crippen molar-refractivity contribution in [3.63, 3.8) is 0 Å². The number of aromatic nitrogens is 2. The fraction of sp³-hybridized carbons (Fsp3) is 0.227. The average molecular weight is 408 g/mol. The van der Waals surface area contributed by atoms with Crippen molar-refractivity contribution in [1.29, 1.82) is 0 Å². The molecule has 2 aromatic carbocycles. The predicted octanol–water partition coefficient (Wildman–Crippen LogP) is 2.52. The maximum absolute atomic E-state index is 13.9. The molecule has 0 unspecified atom stereocenters. The maximum atomic E-state index is 13.9. The molecule has 8 heteroatoms. The summed E-state index contributed by atoms with van der Waals surface area (Å²) in [6, 6.07) is 15.3. The zero-order valence-corrected chi connectivity index (χ0v) is 16.3. The summed E-state index contributed by atoms with van der Waals surface area (Å²) in [5, 5.41) is 4.14. The quantitative estimate of drug-likeness (QED) is 0.607. The van der Waals surface area contributed by atoms with Gasteiger partial charge in [-0.25, -0.2) is 13.9 Å². The van der Waals surface area contributed by atoms with Crippen molar-refractivity contribution >= 4 is 17.6 Å². The van der Waals surface area contributed by atoms with Gasteiger partial charge in [0.1, 0.15) is 5.82 Å². The van der Waals surface area contributed by atoms with Crippen LogP contribution in [0.4, 0.5) is 10.1 Å². The highest BCUT2D eigenvalue weighted by atomic mass is 19.1. The molecule has 7 nitrogen and oxygen atoms in total. The van der Waals surface area contributed by atoms with E-state index in [2.05, 4.69) is 5.10 Å². The van der Waals surface area contributed by atoms with E-state index in [1.807, 2.05) is 4.90 Å². The van der Waals surface area contributed by atoms with Crippen LogP contribution in [0.2, 0.25) is 0 Å². The van der Waals surface area contributed by atoms with Crippen LogP contribution in [0, 0.1) is 5.82 Å². The largest absolute Gasteiger partial charge is 0.452 e. The number of piperazine rings is 1. The summed E-state index contributed by atoms with van der Waals surface area (Å²) >= 11 is 0. The lowest BCUT2D eigenvalue weighted by atomic mass is 10.2. The van der Waals surface area contributed by atoms with Crippen molar-refractivity contribution in [2.75, 3.05) is 37.7 Å². The van der Waals surface area contributed by atoms with Crippen molar-refractivity contribution in [3.05, 3.63) is 78.4 Å². The lowest BCUT2D eigenvalue weighted by Crippen LogP contribution is -2.50. The summed E-state index contributed by atoms with van der Waals surface area (Å²) < 4.78 is 20.8. The van der Waals surface area contributed by atoms with Crippen LogP contribution in [0.25, 0.3) is 5.69 Å². The van der Waals surface area contributed by atoms with Crippen molar-refractivity contribution in [2.24, 2.45) is 0 Å². The number of ether oxygens (including phenoxy) is 1. The van der Waals surface area contributed by atoms with Crippen LogP contribution in [0.5, 0.6) is 0 Å². The minimum Gasteiger partial charge on any atom is -0.452 e. The van der Waals surface area contributed by atoms with E-state index in [1.165, 1.54) is 6.07 Å². The van der Waals surface area contributed by atoms with Crippen LogP contribution in [0.15, 0.2) is 67.0 Å². The van der Waals surface area contributed by atoms with Gasteiger partial charge >= 0.3 is 5.97 Å². The topological polar surface area (TPSA) is 67.7 Å². The molecule has 3 aromatic rings. The zero-order valence-electron chi connectivity index (χ0n) is 16.3. The second-order valence-corrected chi connectivity index (χ2v) is 6.86. The molecule has 1 aliphatic rings. The van der Waals surface area contributed by atoms with E-state index in [0.29, 0.717) is 43.1 Å². The van der Waals surface area contributed by atoms with Crippen LogP contribution in [-0.2, 0) is 9.53 Å². The van der Waals surface area contributed by atoms with Gasteiger partial charge in [0, 0.05) is 38.6 Å². The minimum atomic E-state index is -0.584. The molecule has 0 atom stereocenters. The standard InChI is InChI=1S/C22H21FN4O3/c23-18-7-2-4-9-20(18)25-12-14-26(15-13-25)21(28)16-30-22(29)17-6-1-3-8-19(17)27-11-5-10-24-27/h1-11H,12-16H2. The summed E-state index contributed by atoms with van der Waals surface area (Å²) in [5.41, 5.74) is 1.45. The van der Waals surface area contributed by atoms with Crippen molar-refractivity contribution in [2.45, 2.75) is 0 Å². The Morgan fingerprint density at radius 2 is 1.63 bits per heavy atom. The third-order valence-corrected chi connectivity index (χ3v) is 5.03. The molecule has 2 heterocycles. The first-order valence-corrected chi connectivity index (χ1v) is 9.67. The maximum Gasteiger partial charge on any atom is 0.340 e. The van der Waals surface area contributed by atoms with Crippen LogP contribution >= 0.6 is 0 Å². The number of esters is 1. The Bertz CT molecular complexity index is 1030. The second kappa shape index (κ2) is 8.77. The molecule has 0 N–H and O–H groups in total. The highest BCUT2D eigenvalue weighted by Crippen LogP contribution is 2.20. The fourth-order valence-electron chi connectivity index (χ4n) is 3.46. The van der Waals surface area contributed by atoms with E-state index in [0.717, 1.165) is 0 Å². The molecule has 0 spiro atoms. The third kappa shape index (κ3) is 4.17. The predicted molar refractivity (Wildman–Crippen MR) is 109 cm³/mol. The van der Waals surface area contributed by atoms with Crippen LogP contribution in [0.3, 0.4) is 0 Å². The van der Waals surface area contributed by atoms with Gasteiger partial charge in [-0.3, -0.25) is 4.79 Å². The van der Waals surface area contributed by atoms with E-state index in [-0.39, 0.29) is 18.3 Å². The fourth-order valence-corrected chi connectivity index (χ4v) is 3.46. The van der Waals surface area contributed by atoms with Gasteiger partial charge in [0.05, 0.1) is 16.9 Å². The zero-order chi connectivity index (χ0) is 20.9. The van der Waals surface area contributed by atoms with Crippen LogP contribution in [0.1, 0.15) is 10.4 Å². The Balaban J connectivity index is 1.33. The average Bonchev–Trinajstić information content (AvgIpc) is 3.32. The summed E-state index contributed by atoms with van der Waals surface area (Å²) in [6.07, 6.45) is 3.35. The Labute approximate surface area is 173 Å². The van der Waals surface area contributed by atoms with E-state index < -0.39 is 5.97 Å². The molecule has 0 aliphatic carbocycles. The minimum absolute atomic E-state index is 0.270. The van der Waals surface area contributed by atoms with Gasteiger partial charge in [-0.05, 0) is 30.3 Å². The molecular formula is C22H21FN4O3. The Morgan fingerprint density at radius 1 is 0.933 bits per heavy atom. The number of benzene rings is 2. The molecule has 4 rings (SSSR count). The highest BCUT2D eigenvalue weighted by Gasteiger charge is 2.24. The normalized spacial score (nSPS) is 13.9. The second-order valence-electron chi connectivity index (χ2n) is 6.86. The van der Waals surface area contributed by atoms with Gasteiger partial charge < -0.3 is 14.5 Å². The number of amides is 1. The molecule has 1 aromatic heterocycles. The van der Waals surface area contributed by atoms with Gasteiger partial charge in [0.25, 0.3) is 5.91 Å². The first-order chi connectivity index (χ1) is 14.6. The molecule has 30 heavy (non-hydrogen) atoms. The molecule has 0 saturated carbocycles.